The molecule has 0 unspecified atom stereocenters. The number of benzene rings is 1. The number of anilines is 1. The molecule has 0 fully saturated rings. The molecule has 4 nitrogen and oxygen atoms in total. The van der Waals surface area contributed by atoms with Crippen molar-refractivity contribution in [3.05, 3.63) is 36.4 Å². The highest BCUT2D eigenvalue weighted by Gasteiger charge is 2.09. The number of hydrogen-bond donors (Lipinski definition) is 1. The van der Waals surface area contributed by atoms with E-state index in [1.807, 2.05) is 6.92 Å². The summed E-state index contributed by atoms with van der Waals surface area (Å²) in [6.45, 7) is 6.18. The van der Waals surface area contributed by atoms with Crippen molar-refractivity contribution >= 4 is 11.6 Å². The number of ether oxygens (including phenoxy) is 1. The van der Waals surface area contributed by atoms with Gasteiger partial charge in [0, 0.05) is 25.3 Å². The molecule has 0 saturated heterocycles. The Labute approximate surface area is 102 Å². The number of carbonyl (C=O) groups is 1. The van der Waals surface area contributed by atoms with Crippen molar-refractivity contribution < 1.29 is 9.53 Å². The van der Waals surface area contributed by atoms with E-state index in [1.165, 1.54) is 0 Å². The molecule has 4 heteroatoms. The second-order valence-electron chi connectivity index (χ2n) is 4.07. The van der Waals surface area contributed by atoms with Gasteiger partial charge in [-0.3, -0.25) is 4.79 Å². The molecule has 0 aliphatic carbocycles. The predicted octanol–water partition coefficient (Wildman–Crippen LogP) is 1.68. The van der Waals surface area contributed by atoms with Gasteiger partial charge in [0.15, 0.2) is 6.61 Å². The van der Waals surface area contributed by atoms with Gasteiger partial charge in [-0.25, -0.2) is 0 Å². The molecule has 1 amide bonds. The molecular weight excluding hydrogens is 216 g/mol. The predicted molar refractivity (Wildman–Crippen MR) is 68.8 cm³/mol. The average molecular weight is 234 g/mol. The molecule has 0 heterocycles. The molecule has 0 radical (unpaired) electrons. The SMILES string of the molecule is C=C(C)CN(C)C(=O)COc1cccc(N)c1. The monoisotopic (exact) mass is 234 g/mol. The fraction of sp³-hybridized carbons (Fsp3) is 0.308. The third-order valence-electron chi connectivity index (χ3n) is 2.15. The lowest BCUT2D eigenvalue weighted by atomic mass is 10.3. The van der Waals surface area contributed by atoms with E-state index in [0.717, 1.165) is 5.57 Å². The zero-order chi connectivity index (χ0) is 12.8. The van der Waals surface area contributed by atoms with Crippen LogP contribution in [-0.4, -0.2) is 31.0 Å². The van der Waals surface area contributed by atoms with Crippen LogP contribution in [-0.2, 0) is 4.79 Å². The fourth-order valence-electron chi connectivity index (χ4n) is 1.35. The van der Waals surface area contributed by atoms with E-state index in [-0.39, 0.29) is 12.5 Å². The topological polar surface area (TPSA) is 55.6 Å². The summed E-state index contributed by atoms with van der Waals surface area (Å²) in [6.07, 6.45) is 0. The van der Waals surface area contributed by atoms with Gasteiger partial charge < -0.3 is 15.4 Å². The minimum absolute atomic E-state index is 0.00718. The van der Waals surface area contributed by atoms with Gasteiger partial charge >= 0.3 is 0 Å². The highest BCUT2D eigenvalue weighted by Crippen LogP contribution is 2.14. The number of nitrogens with zero attached hydrogens (tertiary/aromatic N) is 1. The smallest absolute Gasteiger partial charge is 0.260 e. The highest BCUT2D eigenvalue weighted by molar-refractivity contribution is 5.77. The molecule has 17 heavy (non-hydrogen) atoms. The van der Waals surface area contributed by atoms with Crippen LogP contribution in [0.2, 0.25) is 0 Å². The molecule has 0 aliphatic heterocycles. The molecule has 1 aromatic rings. The van der Waals surface area contributed by atoms with Gasteiger partial charge in [-0.05, 0) is 19.1 Å². The number of rotatable bonds is 5. The summed E-state index contributed by atoms with van der Waals surface area (Å²) in [4.78, 5) is 13.2. The maximum atomic E-state index is 11.7. The molecule has 0 bridgehead atoms. The Kier molecular flexibility index (Phi) is 4.57. The molecular formula is C13H18N2O2. The van der Waals surface area contributed by atoms with Crippen LogP contribution >= 0.6 is 0 Å². The Bertz CT molecular complexity index is 416. The first-order valence-corrected chi connectivity index (χ1v) is 5.35. The largest absolute Gasteiger partial charge is 0.484 e. The highest BCUT2D eigenvalue weighted by atomic mass is 16.5. The van der Waals surface area contributed by atoms with Crippen LogP contribution in [0.15, 0.2) is 36.4 Å². The van der Waals surface area contributed by atoms with Gasteiger partial charge in [-0.15, -0.1) is 0 Å². The van der Waals surface area contributed by atoms with E-state index >= 15 is 0 Å². The lowest BCUT2D eigenvalue weighted by molar-refractivity contribution is -0.131. The van der Waals surface area contributed by atoms with Crippen molar-refractivity contribution in [3.63, 3.8) is 0 Å². The molecule has 0 atom stereocenters. The van der Waals surface area contributed by atoms with Crippen LogP contribution in [0, 0.1) is 0 Å². The minimum atomic E-state index is -0.0876. The van der Waals surface area contributed by atoms with Gasteiger partial charge in [-0.2, -0.15) is 0 Å². The van der Waals surface area contributed by atoms with Crippen LogP contribution in [0.4, 0.5) is 5.69 Å². The quantitative estimate of drug-likeness (QED) is 0.623. The van der Waals surface area contributed by atoms with Crippen LogP contribution in [0.25, 0.3) is 0 Å². The summed E-state index contributed by atoms with van der Waals surface area (Å²) < 4.78 is 5.35. The molecule has 1 rings (SSSR count). The van der Waals surface area contributed by atoms with Gasteiger partial charge in [0.1, 0.15) is 5.75 Å². The van der Waals surface area contributed by atoms with Crippen molar-refractivity contribution in [2.45, 2.75) is 6.92 Å². The molecule has 1 aromatic carbocycles. The second-order valence-corrected chi connectivity index (χ2v) is 4.07. The minimum Gasteiger partial charge on any atom is -0.484 e. The lowest BCUT2D eigenvalue weighted by Gasteiger charge is -2.17. The number of nitrogens with two attached hydrogens (primary N) is 1. The van der Waals surface area contributed by atoms with Gasteiger partial charge in [0.2, 0.25) is 0 Å². The van der Waals surface area contributed by atoms with Gasteiger partial charge in [0.05, 0.1) is 0 Å². The van der Waals surface area contributed by atoms with Gasteiger partial charge in [0.25, 0.3) is 5.91 Å². The normalized spacial score (nSPS) is 9.76. The second kappa shape index (κ2) is 5.94. The molecule has 92 valence electrons. The molecule has 0 saturated carbocycles. The summed E-state index contributed by atoms with van der Waals surface area (Å²) in [5.41, 5.74) is 7.15. The van der Waals surface area contributed by atoms with Crippen molar-refractivity contribution in [2.24, 2.45) is 0 Å². The number of likely N-dealkylation sites (N-methyl/N-ethyl adjacent to an activating group) is 1. The van der Waals surface area contributed by atoms with Crippen LogP contribution < -0.4 is 10.5 Å². The maximum Gasteiger partial charge on any atom is 0.260 e. The third-order valence-corrected chi connectivity index (χ3v) is 2.15. The first-order chi connectivity index (χ1) is 7.99. The summed E-state index contributed by atoms with van der Waals surface area (Å²) in [5.74, 6) is 0.512. The number of amides is 1. The zero-order valence-electron chi connectivity index (χ0n) is 10.3. The first-order valence-electron chi connectivity index (χ1n) is 5.35. The standard InChI is InChI=1S/C13H18N2O2/c1-10(2)8-15(3)13(16)9-17-12-6-4-5-11(14)7-12/h4-7H,1,8-9,14H2,2-3H3. The Hall–Kier alpha value is -1.97. The third kappa shape index (κ3) is 4.59. The Morgan fingerprint density at radius 2 is 2.24 bits per heavy atom. The number of hydrogen-bond acceptors (Lipinski definition) is 3. The average Bonchev–Trinajstić information content (AvgIpc) is 2.25. The first kappa shape index (κ1) is 13.1. The van der Waals surface area contributed by atoms with E-state index in [4.69, 9.17) is 10.5 Å². The maximum absolute atomic E-state index is 11.7. The molecule has 2 N–H and O–H groups in total. The van der Waals surface area contributed by atoms with E-state index in [2.05, 4.69) is 6.58 Å². The number of nitrogen functional groups attached to an aromatic ring is 1. The van der Waals surface area contributed by atoms with E-state index in [9.17, 15) is 4.79 Å². The van der Waals surface area contributed by atoms with Crippen LogP contribution in [0.3, 0.4) is 0 Å². The van der Waals surface area contributed by atoms with E-state index in [0.29, 0.717) is 18.0 Å². The summed E-state index contributed by atoms with van der Waals surface area (Å²) >= 11 is 0. The zero-order valence-corrected chi connectivity index (χ0v) is 10.3. The lowest BCUT2D eigenvalue weighted by Crippen LogP contribution is -2.32. The van der Waals surface area contributed by atoms with E-state index < -0.39 is 0 Å². The Morgan fingerprint density at radius 1 is 1.53 bits per heavy atom. The van der Waals surface area contributed by atoms with Crippen molar-refractivity contribution in [2.75, 3.05) is 25.9 Å². The fourth-order valence-corrected chi connectivity index (χ4v) is 1.35. The Balaban J connectivity index is 2.45. The number of carbonyl (C=O) groups excluding carboxylic acids is 1. The van der Waals surface area contributed by atoms with Crippen molar-refractivity contribution in [3.8, 4) is 5.75 Å². The summed E-state index contributed by atoms with van der Waals surface area (Å²) in [7, 11) is 1.72. The van der Waals surface area contributed by atoms with Gasteiger partial charge in [-0.1, -0.05) is 18.2 Å². The molecule has 0 aromatic heterocycles. The molecule has 0 aliphatic rings. The van der Waals surface area contributed by atoms with Crippen molar-refractivity contribution in [1.29, 1.82) is 0 Å². The van der Waals surface area contributed by atoms with Crippen LogP contribution in [0.1, 0.15) is 6.92 Å². The molecule has 0 spiro atoms. The Morgan fingerprint density at radius 3 is 2.82 bits per heavy atom. The van der Waals surface area contributed by atoms with Crippen LogP contribution in [0.5, 0.6) is 5.75 Å². The summed E-state index contributed by atoms with van der Waals surface area (Å²) in [6, 6.07) is 7.00. The van der Waals surface area contributed by atoms with Crippen molar-refractivity contribution in [1.82, 2.24) is 4.90 Å². The van der Waals surface area contributed by atoms with E-state index in [1.54, 1.807) is 36.2 Å². The summed E-state index contributed by atoms with van der Waals surface area (Å²) in [5, 5.41) is 0.